The number of rotatable bonds is 6. The maximum Gasteiger partial charge on any atom is 0.230 e. The molecule has 2 fully saturated rings. The first-order chi connectivity index (χ1) is 14.6. The predicted octanol–water partition coefficient (Wildman–Crippen LogP) is 2.74. The molecule has 2 aliphatic heterocycles. The third kappa shape index (κ3) is 4.30. The number of benzene rings is 2. The molecule has 2 aromatic carbocycles. The molecule has 0 aliphatic carbocycles. The van der Waals surface area contributed by atoms with E-state index in [-0.39, 0.29) is 5.91 Å². The number of carbonyl (C=O) groups excluding carboxylic acids is 1. The maximum absolute atomic E-state index is 12.6. The Hall–Kier alpha value is -2.57. The van der Waals surface area contributed by atoms with Crippen molar-refractivity contribution in [2.45, 2.75) is 38.5 Å². The molecule has 0 saturated carbocycles. The number of carbonyl (C=O) groups is 1. The quantitative estimate of drug-likeness (QED) is 0.766. The van der Waals surface area contributed by atoms with Gasteiger partial charge in [-0.05, 0) is 30.9 Å². The van der Waals surface area contributed by atoms with Gasteiger partial charge in [-0.1, -0.05) is 36.4 Å². The van der Waals surface area contributed by atoms with Gasteiger partial charge >= 0.3 is 0 Å². The fraction of sp³-hybridized carbons (Fsp3) is 0.458. The summed E-state index contributed by atoms with van der Waals surface area (Å²) in [5.74, 6) is 1.52. The zero-order valence-electron chi connectivity index (χ0n) is 17.5. The second-order valence-electron chi connectivity index (χ2n) is 8.28. The van der Waals surface area contributed by atoms with Crippen LogP contribution in [0.1, 0.15) is 30.4 Å². The smallest absolute Gasteiger partial charge is 0.230 e. The second kappa shape index (κ2) is 9.06. The van der Waals surface area contributed by atoms with Gasteiger partial charge in [0.2, 0.25) is 5.91 Å². The summed E-state index contributed by atoms with van der Waals surface area (Å²) in [5, 5.41) is 13.5. The molecular weight excluding hydrogens is 380 g/mol. The zero-order chi connectivity index (χ0) is 21.0. The van der Waals surface area contributed by atoms with Crippen LogP contribution in [0, 0.1) is 5.41 Å². The Balaban J connectivity index is 1.44. The van der Waals surface area contributed by atoms with Crippen molar-refractivity contribution in [3.8, 4) is 11.5 Å². The maximum atomic E-state index is 12.6. The predicted molar refractivity (Wildman–Crippen MR) is 114 cm³/mol. The Morgan fingerprint density at radius 3 is 2.83 bits per heavy atom. The summed E-state index contributed by atoms with van der Waals surface area (Å²) < 4.78 is 11.5. The topological polar surface area (TPSA) is 71.0 Å². The summed E-state index contributed by atoms with van der Waals surface area (Å²) in [6, 6.07) is 16.0. The number of hydrogen-bond acceptors (Lipinski definition) is 5. The molecule has 1 spiro atoms. The molecule has 0 radical (unpaired) electrons. The van der Waals surface area contributed by atoms with E-state index in [0.717, 1.165) is 42.0 Å². The number of piperidine rings is 2. The number of aliphatic hydroxyl groups is 1. The van der Waals surface area contributed by atoms with Crippen LogP contribution in [-0.4, -0.2) is 48.8 Å². The molecule has 2 aliphatic rings. The molecule has 2 atom stereocenters. The van der Waals surface area contributed by atoms with Gasteiger partial charge in [0.1, 0.15) is 18.1 Å². The third-order valence-corrected chi connectivity index (χ3v) is 6.30. The highest BCUT2D eigenvalue weighted by atomic mass is 16.5. The van der Waals surface area contributed by atoms with Gasteiger partial charge in [0.25, 0.3) is 0 Å². The van der Waals surface area contributed by atoms with E-state index >= 15 is 0 Å². The molecule has 4 rings (SSSR count). The molecule has 2 N–H and O–H groups in total. The van der Waals surface area contributed by atoms with Crippen LogP contribution >= 0.6 is 0 Å². The van der Waals surface area contributed by atoms with E-state index in [1.807, 2.05) is 48.5 Å². The number of likely N-dealkylation sites (tertiary alicyclic amines) is 1. The van der Waals surface area contributed by atoms with Crippen molar-refractivity contribution in [1.82, 2.24) is 10.2 Å². The highest BCUT2D eigenvalue weighted by molar-refractivity contribution is 5.84. The lowest BCUT2D eigenvalue weighted by Gasteiger charge is -2.47. The Morgan fingerprint density at radius 1 is 1.23 bits per heavy atom. The minimum absolute atomic E-state index is 0.0115. The van der Waals surface area contributed by atoms with Gasteiger partial charge in [0, 0.05) is 37.8 Å². The van der Waals surface area contributed by atoms with E-state index < -0.39 is 11.5 Å². The van der Waals surface area contributed by atoms with Crippen LogP contribution in [0.4, 0.5) is 0 Å². The van der Waals surface area contributed by atoms with Gasteiger partial charge in [-0.25, -0.2) is 0 Å². The Labute approximate surface area is 177 Å². The van der Waals surface area contributed by atoms with Crippen LogP contribution < -0.4 is 14.8 Å². The summed E-state index contributed by atoms with van der Waals surface area (Å²) >= 11 is 0. The molecule has 6 nitrogen and oxygen atoms in total. The lowest BCUT2D eigenvalue weighted by Crippen LogP contribution is -2.61. The lowest BCUT2D eigenvalue weighted by atomic mass is 9.71. The molecule has 160 valence electrons. The van der Waals surface area contributed by atoms with Crippen LogP contribution in [0.2, 0.25) is 0 Å². The first kappa shape index (κ1) is 20.7. The van der Waals surface area contributed by atoms with Gasteiger partial charge in [-0.3, -0.25) is 9.69 Å². The number of methoxy groups -OCH3 is 1. The van der Waals surface area contributed by atoms with Crippen molar-refractivity contribution in [2.75, 3.05) is 26.7 Å². The van der Waals surface area contributed by atoms with E-state index in [2.05, 4.69) is 10.2 Å². The zero-order valence-corrected chi connectivity index (χ0v) is 17.5. The molecule has 6 heteroatoms. The molecule has 30 heavy (non-hydrogen) atoms. The average molecular weight is 411 g/mol. The minimum atomic E-state index is -0.692. The first-order valence-corrected chi connectivity index (χ1v) is 10.6. The van der Waals surface area contributed by atoms with Crippen LogP contribution in [0.25, 0.3) is 0 Å². The van der Waals surface area contributed by atoms with Crippen LogP contribution in [0.5, 0.6) is 11.5 Å². The minimum Gasteiger partial charge on any atom is -0.496 e. The van der Waals surface area contributed by atoms with Crippen molar-refractivity contribution in [2.24, 2.45) is 5.41 Å². The third-order valence-electron chi connectivity index (χ3n) is 6.30. The number of nitrogens with one attached hydrogen (secondary N) is 1. The van der Waals surface area contributed by atoms with Gasteiger partial charge in [-0.15, -0.1) is 0 Å². The van der Waals surface area contributed by atoms with E-state index in [1.165, 1.54) is 0 Å². The summed E-state index contributed by atoms with van der Waals surface area (Å²) in [4.78, 5) is 14.8. The van der Waals surface area contributed by atoms with Crippen molar-refractivity contribution >= 4 is 5.91 Å². The highest BCUT2D eigenvalue weighted by Gasteiger charge is 2.49. The first-order valence-electron chi connectivity index (χ1n) is 10.6. The van der Waals surface area contributed by atoms with Crippen molar-refractivity contribution in [1.29, 1.82) is 0 Å². The Morgan fingerprint density at radius 2 is 2.07 bits per heavy atom. The fourth-order valence-corrected chi connectivity index (χ4v) is 4.59. The second-order valence-corrected chi connectivity index (χ2v) is 8.28. The van der Waals surface area contributed by atoms with Crippen molar-refractivity contribution < 1.29 is 19.4 Å². The van der Waals surface area contributed by atoms with E-state index in [4.69, 9.17) is 9.47 Å². The van der Waals surface area contributed by atoms with Gasteiger partial charge < -0.3 is 19.9 Å². The van der Waals surface area contributed by atoms with E-state index in [9.17, 15) is 9.90 Å². The monoisotopic (exact) mass is 410 g/mol. The molecule has 2 aromatic rings. The highest BCUT2D eigenvalue weighted by Crippen LogP contribution is 2.38. The molecule has 1 amide bonds. The van der Waals surface area contributed by atoms with Crippen LogP contribution in [0.15, 0.2) is 48.5 Å². The standard InChI is InChI=1S/C24H30N2O4/c1-29-21-14-20(30-16-18-6-3-2-4-7-18)9-8-19(21)15-26-13-10-22(27)24(17-26)11-5-12-25-23(24)28/h2-4,6-9,14,22,27H,5,10-13,15-17H2,1H3,(H,25,28)/t22-,24+/m0/s1. The Bertz CT molecular complexity index is 873. The molecule has 0 aromatic heterocycles. The molecule has 0 unspecified atom stereocenters. The number of hydrogen-bond donors (Lipinski definition) is 2. The molecular formula is C24H30N2O4. The summed E-state index contributed by atoms with van der Waals surface area (Å²) in [6.07, 6.45) is 1.67. The molecule has 2 heterocycles. The lowest BCUT2D eigenvalue weighted by molar-refractivity contribution is -0.149. The SMILES string of the molecule is COc1cc(OCc2ccccc2)ccc1CN1CC[C@H](O)[C@@]2(CCCNC2=O)C1. The summed E-state index contributed by atoms with van der Waals surface area (Å²) in [5.41, 5.74) is 1.47. The average Bonchev–Trinajstić information content (AvgIpc) is 2.78. The molecule has 0 bridgehead atoms. The molecule has 2 saturated heterocycles. The number of aliphatic hydroxyl groups excluding tert-OH is 1. The normalized spacial score (nSPS) is 24.5. The fourth-order valence-electron chi connectivity index (χ4n) is 4.59. The number of ether oxygens (including phenoxy) is 2. The van der Waals surface area contributed by atoms with Gasteiger partial charge in [0.05, 0.1) is 18.6 Å². The van der Waals surface area contributed by atoms with E-state index in [0.29, 0.717) is 32.7 Å². The Kier molecular flexibility index (Phi) is 6.25. The van der Waals surface area contributed by atoms with Gasteiger partial charge in [-0.2, -0.15) is 0 Å². The number of amides is 1. The summed E-state index contributed by atoms with van der Waals surface area (Å²) in [7, 11) is 1.66. The summed E-state index contributed by atoms with van der Waals surface area (Å²) in [6.45, 7) is 3.20. The van der Waals surface area contributed by atoms with Crippen molar-refractivity contribution in [3.63, 3.8) is 0 Å². The van der Waals surface area contributed by atoms with Crippen molar-refractivity contribution in [3.05, 3.63) is 59.7 Å². The number of nitrogens with zero attached hydrogens (tertiary/aromatic N) is 1. The van der Waals surface area contributed by atoms with Crippen LogP contribution in [0.3, 0.4) is 0 Å². The van der Waals surface area contributed by atoms with Gasteiger partial charge in [0.15, 0.2) is 0 Å². The van der Waals surface area contributed by atoms with Crippen LogP contribution in [-0.2, 0) is 17.9 Å². The largest absolute Gasteiger partial charge is 0.496 e. The van der Waals surface area contributed by atoms with E-state index in [1.54, 1.807) is 7.11 Å².